The van der Waals surface area contributed by atoms with E-state index in [0.717, 1.165) is 0 Å². The average molecular weight is 163 g/mol. The highest BCUT2D eigenvalue weighted by atomic mass is 14.7. The zero-order valence-corrected chi connectivity index (χ0v) is 8.09. The van der Waals surface area contributed by atoms with Gasteiger partial charge in [-0.25, -0.2) is 0 Å². The molecular weight excluding hydrogens is 146 g/mol. The number of nitrogens with one attached hydrogen (secondary N) is 1. The molecule has 0 spiro atoms. The lowest BCUT2D eigenvalue weighted by atomic mass is 10.2. The van der Waals surface area contributed by atoms with Crippen LogP contribution in [0.4, 0.5) is 0 Å². The van der Waals surface area contributed by atoms with Crippen molar-refractivity contribution in [3.05, 3.63) is 42.0 Å². The van der Waals surface area contributed by atoms with Gasteiger partial charge in [-0.3, -0.25) is 0 Å². The smallest absolute Gasteiger partial charge is 0.0167 e. The summed E-state index contributed by atoms with van der Waals surface area (Å²) in [5, 5.41) is 2.75. The first-order valence-electron chi connectivity index (χ1n) is 4.02. The summed E-state index contributed by atoms with van der Waals surface area (Å²) in [6, 6.07) is 8.28. The highest BCUT2D eigenvalue weighted by Crippen LogP contribution is 2.02. The van der Waals surface area contributed by atoms with E-state index < -0.39 is 0 Å². The predicted octanol–water partition coefficient (Wildman–Crippen LogP) is 2.47. The fourth-order valence-corrected chi connectivity index (χ4v) is 0.703. The van der Waals surface area contributed by atoms with Crippen LogP contribution in [0.2, 0.25) is 0 Å². The van der Waals surface area contributed by atoms with Crippen LogP contribution in [-0.2, 0) is 0 Å². The minimum atomic E-state index is 1.18. The van der Waals surface area contributed by atoms with Crippen molar-refractivity contribution in [2.45, 2.75) is 6.92 Å². The van der Waals surface area contributed by atoms with Crippen molar-refractivity contribution >= 4 is 6.08 Å². The normalized spacial score (nSPS) is 8.25. The third kappa shape index (κ3) is 4.69. The third-order valence-corrected chi connectivity index (χ3v) is 1.31. The van der Waals surface area contributed by atoms with Gasteiger partial charge < -0.3 is 5.32 Å². The van der Waals surface area contributed by atoms with Crippen LogP contribution in [-0.4, -0.2) is 14.1 Å². The van der Waals surface area contributed by atoms with Gasteiger partial charge in [-0.15, -0.1) is 0 Å². The zero-order chi connectivity index (χ0) is 9.40. The molecule has 0 unspecified atom stereocenters. The maximum Gasteiger partial charge on any atom is -0.0167 e. The van der Waals surface area contributed by atoms with E-state index in [4.69, 9.17) is 0 Å². The summed E-state index contributed by atoms with van der Waals surface area (Å²) in [5.41, 5.74) is 2.47. The minimum absolute atomic E-state index is 1.18. The fraction of sp³-hybridized carbons (Fsp3) is 0.273. The molecule has 0 radical (unpaired) electrons. The molecule has 0 fully saturated rings. The molecular formula is C11H17N. The third-order valence-electron chi connectivity index (χ3n) is 1.31. The molecule has 0 aromatic heterocycles. The molecule has 1 N–H and O–H groups in total. The Morgan fingerprint density at radius 2 is 1.58 bits per heavy atom. The van der Waals surface area contributed by atoms with Crippen molar-refractivity contribution in [2.75, 3.05) is 14.1 Å². The van der Waals surface area contributed by atoms with Gasteiger partial charge in [0.15, 0.2) is 0 Å². The van der Waals surface area contributed by atoms with Crippen LogP contribution in [0.3, 0.4) is 0 Å². The average Bonchev–Trinajstić information content (AvgIpc) is 2.07. The van der Waals surface area contributed by atoms with E-state index in [1.54, 1.807) is 0 Å². The first kappa shape index (κ1) is 10.9. The Hall–Kier alpha value is -1.08. The second kappa shape index (κ2) is 6.62. The van der Waals surface area contributed by atoms with E-state index in [2.05, 4.69) is 43.1 Å². The van der Waals surface area contributed by atoms with Gasteiger partial charge in [0.05, 0.1) is 0 Å². The molecule has 12 heavy (non-hydrogen) atoms. The van der Waals surface area contributed by atoms with Gasteiger partial charge in [0.2, 0.25) is 0 Å². The summed E-state index contributed by atoms with van der Waals surface area (Å²) < 4.78 is 0. The quantitative estimate of drug-likeness (QED) is 0.670. The lowest BCUT2D eigenvalue weighted by molar-refractivity contribution is 1.02. The van der Waals surface area contributed by atoms with Gasteiger partial charge in [-0.1, -0.05) is 42.5 Å². The molecule has 0 saturated heterocycles. The molecule has 0 aliphatic rings. The standard InChI is InChI=1S/C9H10.C2H7N/c1-3-9-6-4-8(2)5-7-9;1-3-2/h3-7H,1H2,2H3;3H,1-2H3. The predicted molar refractivity (Wildman–Crippen MR) is 56.3 cm³/mol. The molecule has 0 bridgehead atoms. The van der Waals surface area contributed by atoms with Gasteiger partial charge >= 0.3 is 0 Å². The van der Waals surface area contributed by atoms with Gasteiger partial charge in [0, 0.05) is 0 Å². The summed E-state index contributed by atoms with van der Waals surface area (Å²) in [6.07, 6.45) is 1.85. The first-order valence-corrected chi connectivity index (χ1v) is 4.02. The van der Waals surface area contributed by atoms with Crippen molar-refractivity contribution in [3.63, 3.8) is 0 Å². The topological polar surface area (TPSA) is 12.0 Å². The van der Waals surface area contributed by atoms with Crippen molar-refractivity contribution in [2.24, 2.45) is 0 Å². The zero-order valence-electron chi connectivity index (χ0n) is 8.09. The Morgan fingerprint density at radius 3 is 1.92 bits per heavy atom. The molecule has 1 aromatic carbocycles. The van der Waals surface area contributed by atoms with E-state index in [1.807, 2.05) is 20.2 Å². The number of aryl methyl sites for hydroxylation is 1. The fourth-order valence-electron chi connectivity index (χ4n) is 0.703. The monoisotopic (exact) mass is 163 g/mol. The second-order valence-electron chi connectivity index (χ2n) is 2.61. The maximum atomic E-state index is 3.66. The number of rotatable bonds is 1. The maximum absolute atomic E-state index is 3.66. The largest absolute Gasteiger partial charge is 0.323 e. The van der Waals surface area contributed by atoms with Crippen LogP contribution in [0.5, 0.6) is 0 Å². The van der Waals surface area contributed by atoms with E-state index in [9.17, 15) is 0 Å². The highest BCUT2D eigenvalue weighted by Gasteiger charge is 1.82. The minimum Gasteiger partial charge on any atom is -0.323 e. The molecule has 1 heteroatoms. The Morgan fingerprint density at radius 1 is 1.17 bits per heavy atom. The van der Waals surface area contributed by atoms with Crippen molar-refractivity contribution < 1.29 is 0 Å². The van der Waals surface area contributed by atoms with Crippen LogP contribution in [0.1, 0.15) is 11.1 Å². The van der Waals surface area contributed by atoms with Crippen molar-refractivity contribution in [1.29, 1.82) is 0 Å². The summed E-state index contributed by atoms with van der Waals surface area (Å²) in [7, 11) is 3.75. The lowest BCUT2D eigenvalue weighted by Crippen LogP contribution is -1.89. The van der Waals surface area contributed by atoms with E-state index in [1.165, 1.54) is 11.1 Å². The van der Waals surface area contributed by atoms with Gasteiger partial charge in [-0.2, -0.15) is 0 Å². The van der Waals surface area contributed by atoms with Crippen LogP contribution in [0, 0.1) is 6.92 Å². The molecule has 0 saturated carbocycles. The number of benzene rings is 1. The van der Waals surface area contributed by atoms with E-state index in [-0.39, 0.29) is 0 Å². The SMILES string of the molecule is C=Cc1ccc(C)cc1.CNC. The first-order chi connectivity index (χ1) is 5.74. The molecule has 0 amide bonds. The summed E-state index contributed by atoms with van der Waals surface area (Å²) in [5.74, 6) is 0. The highest BCUT2D eigenvalue weighted by molar-refractivity contribution is 5.46. The molecule has 66 valence electrons. The second-order valence-corrected chi connectivity index (χ2v) is 2.61. The molecule has 0 aliphatic carbocycles. The summed E-state index contributed by atoms with van der Waals surface area (Å²) in [6.45, 7) is 5.74. The molecule has 0 aliphatic heterocycles. The lowest BCUT2D eigenvalue weighted by Gasteiger charge is -1.91. The van der Waals surface area contributed by atoms with Crippen molar-refractivity contribution in [3.8, 4) is 0 Å². The van der Waals surface area contributed by atoms with Crippen LogP contribution in [0.15, 0.2) is 30.8 Å². The molecule has 0 atom stereocenters. The summed E-state index contributed by atoms with van der Waals surface area (Å²) in [4.78, 5) is 0. The Bertz CT molecular complexity index is 211. The molecule has 1 rings (SSSR count). The molecule has 0 heterocycles. The van der Waals surface area contributed by atoms with Gasteiger partial charge in [0.25, 0.3) is 0 Å². The van der Waals surface area contributed by atoms with Crippen LogP contribution in [0.25, 0.3) is 6.08 Å². The molecule has 1 nitrogen and oxygen atoms in total. The Labute approximate surface area is 75.1 Å². The Kier molecular flexibility index (Phi) is 6.02. The van der Waals surface area contributed by atoms with Crippen molar-refractivity contribution in [1.82, 2.24) is 5.32 Å². The number of hydrogen-bond donors (Lipinski definition) is 1. The van der Waals surface area contributed by atoms with E-state index in [0.29, 0.717) is 0 Å². The van der Waals surface area contributed by atoms with Gasteiger partial charge in [-0.05, 0) is 26.6 Å². The van der Waals surface area contributed by atoms with Crippen LogP contribution < -0.4 is 5.32 Å². The van der Waals surface area contributed by atoms with E-state index >= 15 is 0 Å². The molecule has 1 aromatic rings. The summed E-state index contributed by atoms with van der Waals surface area (Å²) >= 11 is 0. The van der Waals surface area contributed by atoms with Gasteiger partial charge in [0.1, 0.15) is 0 Å². The number of hydrogen-bond acceptors (Lipinski definition) is 1. The Balaban J connectivity index is 0.000000354. The van der Waals surface area contributed by atoms with Crippen LogP contribution >= 0.6 is 0 Å².